The second-order valence-electron chi connectivity index (χ2n) is 4.00. The molecule has 0 bridgehead atoms. The van der Waals surface area contributed by atoms with Crippen LogP contribution < -0.4 is 0 Å². The number of hydrogen-bond acceptors (Lipinski definition) is 8. The molecule has 124 valence electrons. The van der Waals surface area contributed by atoms with Gasteiger partial charge in [0, 0.05) is 14.2 Å². The number of carbonyl (C=O) groups excluding carboxylic acids is 2. The third-order valence-electron chi connectivity index (χ3n) is 2.23. The number of esters is 2. The van der Waals surface area contributed by atoms with Gasteiger partial charge in [0.25, 0.3) is 0 Å². The molecule has 0 aliphatic carbocycles. The Morgan fingerprint density at radius 1 is 1.05 bits per heavy atom. The largest absolute Gasteiger partial charge is 0.466 e. The summed E-state index contributed by atoms with van der Waals surface area (Å²) in [7, 11) is 2.42. The predicted molar refractivity (Wildman–Crippen MR) is 80.1 cm³/mol. The normalized spacial score (nSPS) is 12.8. The van der Waals surface area contributed by atoms with Crippen LogP contribution in [0.25, 0.3) is 0 Å². The van der Waals surface area contributed by atoms with Crippen LogP contribution in [0.3, 0.4) is 0 Å². The van der Waals surface area contributed by atoms with E-state index in [1.807, 2.05) is 13.8 Å². The van der Waals surface area contributed by atoms with Crippen LogP contribution in [0.1, 0.15) is 33.1 Å². The molecule has 0 aromatic heterocycles. The van der Waals surface area contributed by atoms with E-state index in [1.165, 1.54) is 14.2 Å². The van der Waals surface area contributed by atoms with E-state index in [9.17, 15) is 14.2 Å². The van der Waals surface area contributed by atoms with Crippen molar-refractivity contribution < 1.29 is 32.7 Å². The minimum Gasteiger partial charge on any atom is -0.466 e. The molecule has 0 saturated carbocycles. The zero-order valence-corrected chi connectivity index (χ0v) is 14.5. The number of carbonyl (C=O) groups is 2. The highest BCUT2D eigenvalue weighted by molar-refractivity contribution is 8.55. The van der Waals surface area contributed by atoms with Crippen molar-refractivity contribution in [2.45, 2.75) is 38.4 Å². The van der Waals surface area contributed by atoms with Crippen molar-refractivity contribution in [3.63, 3.8) is 0 Å². The Labute approximate surface area is 129 Å². The summed E-state index contributed by atoms with van der Waals surface area (Å²) in [4.78, 5) is 23.6. The second-order valence-corrected chi connectivity index (χ2v) is 8.38. The maximum atomic E-state index is 12.1. The van der Waals surface area contributed by atoms with E-state index in [-0.39, 0.29) is 19.6 Å². The monoisotopic (exact) mass is 342 g/mol. The summed E-state index contributed by atoms with van der Waals surface area (Å²) in [5.41, 5.74) is 0. The van der Waals surface area contributed by atoms with Crippen molar-refractivity contribution in [1.82, 2.24) is 0 Å². The van der Waals surface area contributed by atoms with Gasteiger partial charge in [-0.1, -0.05) is 13.8 Å². The van der Waals surface area contributed by atoms with Gasteiger partial charge in [-0.2, -0.15) is 0 Å². The molecule has 1 unspecified atom stereocenters. The van der Waals surface area contributed by atoms with Gasteiger partial charge in [0.05, 0.1) is 19.6 Å². The van der Waals surface area contributed by atoms with Gasteiger partial charge in [0.15, 0.2) is 0 Å². The predicted octanol–water partition coefficient (Wildman–Crippen LogP) is 2.79. The van der Waals surface area contributed by atoms with Crippen LogP contribution >= 0.6 is 18.2 Å². The molecule has 0 aliphatic heterocycles. The van der Waals surface area contributed by atoms with E-state index < -0.39 is 24.0 Å². The topological polar surface area (TPSA) is 88.1 Å². The first kappa shape index (κ1) is 20.4. The lowest BCUT2D eigenvalue weighted by molar-refractivity contribution is -0.149. The molecule has 0 saturated heterocycles. The molecule has 0 aromatic carbocycles. The van der Waals surface area contributed by atoms with Crippen LogP contribution in [0.15, 0.2) is 0 Å². The summed E-state index contributed by atoms with van der Waals surface area (Å²) in [5, 5.41) is -0.994. The first-order chi connectivity index (χ1) is 9.92. The zero-order chi connectivity index (χ0) is 16.3. The van der Waals surface area contributed by atoms with E-state index >= 15 is 0 Å². The van der Waals surface area contributed by atoms with Crippen molar-refractivity contribution in [3.8, 4) is 0 Å². The molecule has 0 fully saturated rings. The third kappa shape index (κ3) is 8.46. The number of hydrogen-bond donors (Lipinski definition) is 0. The SMILES string of the molecule is CCCOC(=O)CC(SP(=O)(OC)OC)C(=O)OCCC. The van der Waals surface area contributed by atoms with Crippen molar-refractivity contribution in [1.29, 1.82) is 0 Å². The molecule has 7 nitrogen and oxygen atoms in total. The number of ether oxygens (including phenoxy) is 2. The van der Waals surface area contributed by atoms with Crippen LogP contribution in [0, 0.1) is 0 Å². The molecule has 0 aliphatic rings. The van der Waals surface area contributed by atoms with Gasteiger partial charge in [0.2, 0.25) is 0 Å². The molecular formula is C12H23O7PS. The van der Waals surface area contributed by atoms with E-state index in [0.717, 1.165) is 0 Å². The van der Waals surface area contributed by atoms with Gasteiger partial charge in [-0.25, -0.2) is 4.57 Å². The van der Waals surface area contributed by atoms with E-state index in [1.54, 1.807) is 0 Å². The molecule has 0 rings (SSSR count). The lowest BCUT2D eigenvalue weighted by Crippen LogP contribution is -2.25. The number of rotatable bonds is 11. The Kier molecular flexibility index (Phi) is 10.8. The fraction of sp³-hybridized carbons (Fsp3) is 0.833. The first-order valence-corrected chi connectivity index (χ1v) is 9.67. The quantitative estimate of drug-likeness (QED) is 0.418. The van der Waals surface area contributed by atoms with Gasteiger partial charge < -0.3 is 18.5 Å². The second kappa shape index (κ2) is 11.1. The van der Waals surface area contributed by atoms with Gasteiger partial charge >= 0.3 is 18.7 Å². The Morgan fingerprint density at radius 2 is 1.57 bits per heavy atom. The van der Waals surface area contributed by atoms with Crippen LogP contribution in [0.2, 0.25) is 0 Å². The van der Waals surface area contributed by atoms with Gasteiger partial charge in [-0.3, -0.25) is 9.59 Å². The molecule has 0 N–H and O–H groups in total. The van der Waals surface area contributed by atoms with Gasteiger partial charge in [-0.15, -0.1) is 0 Å². The summed E-state index contributed by atoms with van der Waals surface area (Å²) >= 11 is 0.648. The lowest BCUT2D eigenvalue weighted by atomic mass is 10.3. The highest BCUT2D eigenvalue weighted by Gasteiger charge is 2.35. The minimum absolute atomic E-state index is 0.226. The van der Waals surface area contributed by atoms with Crippen molar-refractivity contribution >= 4 is 30.1 Å². The average Bonchev–Trinajstić information content (AvgIpc) is 2.49. The van der Waals surface area contributed by atoms with E-state index in [4.69, 9.17) is 18.5 Å². The molecule has 21 heavy (non-hydrogen) atoms. The summed E-state index contributed by atoms with van der Waals surface area (Å²) in [6.45, 7) is 0.707. The first-order valence-electron chi connectivity index (χ1n) is 6.64. The van der Waals surface area contributed by atoms with Crippen LogP contribution in [0.4, 0.5) is 0 Å². The minimum atomic E-state index is -3.50. The van der Waals surface area contributed by atoms with Crippen molar-refractivity contribution in [2.24, 2.45) is 0 Å². The van der Waals surface area contributed by atoms with Crippen LogP contribution in [0.5, 0.6) is 0 Å². The molecule has 1 atom stereocenters. The molecule has 0 radical (unpaired) electrons. The summed E-state index contributed by atoms with van der Waals surface area (Å²) < 4.78 is 31.6. The molecular weight excluding hydrogens is 319 g/mol. The fourth-order valence-corrected chi connectivity index (χ4v) is 4.13. The van der Waals surface area contributed by atoms with E-state index in [2.05, 4.69) is 0 Å². The molecule has 9 heteroatoms. The molecule has 0 amide bonds. The Balaban J connectivity index is 4.79. The maximum absolute atomic E-state index is 12.1. The highest BCUT2D eigenvalue weighted by Crippen LogP contribution is 2.61. The van der Waals surface area contributed by atoms with Crippen LogP contribution in [-0.4, -0.2) is 44.6 Å². The lowest BCUT2D eigenvalue weighted by Gasteiger charge is -2.19. The summed E-state index contributed by atoms with van der Waals surface area (Å²) in [5.74, 6) is -1.19. The highest BCUT2D eigenvalue weighted by atomic mass is 32.7. The maximum Gasteiger partial charge on any atom is 0.389 e. The summed E-state index contributed by atoms with van der Waals surface area (Å²) in [6, 6.07) is 0. The Hall–Kier alpha value is -0.560. The summed E-state index contributed by atoms with van der Waals surface area (Å²) in [6.07, 6.45) is 1.08. The average molecular weight is 342 g/mol. The molecule has 0 aromatic rings. The molecule has 0 heterocycles. The molecule has 0 spiro atoms. The standard InChI is InChI=1S/C12H23O7PS/c1-5-7-18-11(13)9-10(12(14)19-8-6-2)21-20(15,16-3)17-4/h10H,5-9H2,1-4H3. The fourth-order valence-electron chi connectivity index (χ4n) is 1.20. The van der Waals surface area contributed by atoms with Crippen molar-refractivity contribution in [2.75, 3.05) is 27.4 Å². The third-order valence-corrected chi connectivity index (χ3v) is 6.43. The smallest absolute Gasteiger partial charge is 0.389 e. The Morgan fingerprint density at radius 3 is 2.05 bits per heavy atom. The van der Waals surface area contributed by atoms with Crippen molar-refractivity contribution in [3.05, 3.63) is 0 Å². The van der Waals surface area contributed by atoms with Crippen LogP contribution in [-0.2, 0) is 32.7 Å². The van der Waals surface area contributed by atoms with Gasteiger partial charge in [-0.05, 0) is 24.2 Å². The Bertz CT molecular complexity index is 367. The van der Waals surface area contributed by atoms with Gasteiger partial charge in [0.1, 0.15) is 5.25 Å². The zero-order valence-electron chi connectivity index (χ0n) is 12.8. The van der Waals surface area contributed by atoms with E-state index in [0.29, 0.717) is 24.2 Å².